The molecular formula is CH2ClINO-. The molecule has 2 N–H and O–H groups in total. The minimum atomic E-state index is -0.841. The van der Waals surface area contributed by atoms with E-state index in [0.717, 1.165) is 0 Å². The summed E-state index contributed by atoms with van der Waals surface area (Å²) >= 11 is -0.841. The maximum atomic E-state index is 9.51. The summed E-state index contributed by atoms with van der Waals surface area (Å²) in [6.45, 7) is 0. The van der Waals surface area contributed by atoms with E-state index < -0.39 is 20.1 Å². The van der Waals surface area contributed by atoms with Crippen molar-refractivity contribution in [2.75, 3.05) is 0 Å². The van der Waals surface area contributed by atoms with Crippen molar-refractivity contribution >= 4 is 12.8 Å². The van der Waals surface area contributed by atoms with Crippen LogP contribution in [0.15, 0.2) is 0 Å². The van der Waals surface area contributed by atoms with Crippen molar-refractivity contribution in [3.05, 3.63) is 0 Å². The molecule has 5 heavy (non-hydrogen) atoms. The van der Waals surface area contributed by atoms with Gasteiger partial charge < -0.3 is 0 Å². The molecular weight excluding hydrogens is 204 g/mol. The van der Waals surface area contributed by atoms with Crippen molar-refractivity contribution < 1.29 is 24.9 Å². The average Bonchev–Trinajstić information content (AvgIpc) is 1.38. The molecule has 0 aromatic heterocycles. The van der Waals surface area contributed by atoms with Crippen LogP contribution >= 0.6 is 8.91 Å². The molecule has 1 amide bonds. The Hall–Kier alpha value is 0.490. The van der Waals surface area contributed by atoms with Crippen LogP contribution in [0.3, 0.4) is 0 Å². The zero-order valence-electron chi connectivity index (χ0n) is 2.24. The molecule has 2 nitrogen and oxygen atoms in total. The van der Waals surface area contributed by atoms with Gasteiger partial charge >= 0.3 is 43.4 Å². The van der Waals surface area contributed by atoms with E-state index in [4.69, 9.17) is 8.91 Å². The number of rotatable bonds is 1. The van der Waals surface area contributed by atoms with Gasteiger partial charge in [0.1, 0.15) is 0 Å². The summed E-state index contributed by atoms with van der Waals surface area (Å²) in [5.41, 5.74) is 4.57. The maximum absolute atomic E-state index is 9.51. The topological polar surface area (TPSA) is 43.1 Å². The molecule has 0 fully saturated rings. The third-order valence-electron chi connectivity index (χ3n) is 0.0704. The first kappa shape index (κ1) is 5.49. The Bertz CT molecular complexity index is 46.9. The molecule has 0 atom stereocenters. The van der Waals surface area contributed by atoms with E-state index in [0.29, 0.717) is 0 Å². The Morgan fingerprint density at radius 3 is 2.20 bits per heavy atom. The average molecular weight is 206 g/mol. The molecule has 32 valence electrons. The predicted molar refractivity (Wildman–Crippen MR) is 15.4 cm³/mol. The van der Waals surface area contributed by atoms with Crippen LogP contribution in [0.1, 0.15) is 0 Å². The van der Waals surface area contributed by atoms with Crippen molar-refractivity contribution in [2.24, 2.45) is 5.73 Å². The second kappa shape index (κ2) is 2.71. The van der Waals surface area contributed by atoms with E-state index in [9.17, 15) is 4.79 Å². The van der Waals surface area contributed by atoms with Gasteiger partial charge in [0.05, 0.1) is 0 Å². The monoisotopic (exact) mass is 206 g/mol. The molecule has 0 aliphatic carbocycles. The Labute approximate surface area is 43.6 Å². The zero-order valence-corrected chi connectivity index (χ0v) is 5.15. The zero-order chi connectivity index (χ0) is 4.28. The van der Waals surface area contributed by atoms with Crippen molar-refractivity contribution in [1.82, 2.24) is 0 Å². The summed E-state index contributed by atoms with van der Waals surface area (Å²) in [5.74, 6) is 0. The molecule has 0 rings (SSSR count). The summed E-state index contributed by atoms with van der Waals surface area (Å²) in [7, 11) is 4.97. The van der Waals surface area contributed by atoms with Gasteiger partial charge in [0, 0.05) is 0 Å². The molecule has 0 bridgehead atoms. The molecule has 0 saturated heterocycles. The number of hydrogen-bond donors (Lipinski definition) is 1. The molecule has 0 heterocycles. The second-order valence-electron chi connectivity index (χ2n) is 0.376. The SMILES string of the molecule is NC(=O)[I-]Cl. The summed E-state index contributed by atoms with van der Waals surface area (Å²) in [4.78, 5) is 9.51. The second-order valence-corrected chi connectivity index (χ2v) is 2.80. The summed E-state index contributed by atoms with van der Waals surface area (Å²) in [6.07, 6.45) is 0. The third kappa shape index (κ3) is 4.49. The van der Waals surface area contributed by atoms with E-state index in [2.05, 4.69) is 5.73 Å². The number of amides is 1. The van der Waals surface area contributed by atoms with Gasteiger partial charge in [-0.1, -0.05) is 0 Å². The molecule has 0 saturated carbocycles. The number of hydrogen-bond acceptors (Lipinski definition) is 1. The molecule has 0 aliphatic heterocycles. The van der Waals surface area contributed by atoms with E-state index >= 15 is 0 Å². The van der Waals surface area contributed by atoms with Crippen LogP contribution < -0.4 is 25.8 Å². The number of carbonyl (C=O) groups is 1. The van der Waals surface area contributed by atoms with Crippen molar-refractivity contribution in [3.63, 3.8) is 0 Å². The first-order valence-corrected chi connectivity index (χ1v) is 4.64. The van der Waals surface area contributed by atoms with Gasteiger partial charge in [0.15, 0.2) is 0 Å². The van der Waals surface area contributed by atoms with Gasteiger partial charge in [-0.3, -0.25) is 0 Å². The third-order valence-corrected chi connectivity index (χ3v) is 1.42. The van der Waals surface area contributed by atoms with E-state index in [1.54, 1.807) is 0 Å². The van der Waals surface area contributed by atoms with Crippen LogP contribution in [-0.4, -0.2) is 3.91 Å². The standard InChI is InChI=1S/CH2ClINO/c2-3-1(4)5/h(H2,4,5)/q-1. The fraction of sp³-hybridized carbons (Fsp3) is 0. The summed E-state index contributed by atoms with van der Waals surface area (Å²) in [6, 6.07) is 0. The van der Waals surface area contributed by atoms with Gasteiger partial charge in [0.25, 0.3) is 0 Å². The van der Waals surface area contributed by atoms with Crippen molar-refractivity contribution in [1.29, 1.82) is 0 Å². The predicted octanol–water partition coefficient (Wildman–Crippen LogP) is -2.69. The van der Waals surface area contributed by atoms with Gasteiger partial charge in [-0.05, 0) is 0 Å². The van der Waals surface area contributed by atoms with Crippen LogP contribution in [0.2, 0.25) is 0 Å². The fourth-order valence-corrected chi connectivity index (χ4v) is 0. The molecule has 0 aliphatic rings. The van der Waals surface area contributed by atoms with E-state index in [1.807, 2.05) is 0 Å². The van der Waals surface area contributed by atoms with Crippen molar-refractivity contribution in [3.8, 4) is 0 Å². The Balaban J connectivity index is 2.85. The molecule has 0 aromatic carbocycles. The number of halogens is 2. The van der Waals surface area contributed by atoms with E-state index in [-0.39, 0.29) is 3.91 Å². The van der Waals surface area contributed by atoms with Crippen LogP contribution in [-0.2, 0) is 0 Å². The fourth-order valence-electron chi connectivity index (χ4n) is 0. The normalized spacial score (nSPS) is 8.20. The minimum absolute atomic E-state index is 0.370. The van der Waals surface area contributed by atoms with Crippen LogP contribution in [0.4, 0.5) is 4.79 Å². The number of nitrogens with two attached hydrogens (primary N) is 1. The Kier molecular flexibility index (Phi) is 2.98. The summed E-state index contributed by atoms with van der Waals surface area (Å²) < 4.78 is -0.370. The molecule has 0 radical (unpaired) electrons. The first-order valence-electron chi connectivity index (χ1n) is 0.825. The quantitative estimate of drug-likeness (QED) is 0.283. The van der Waals surface area contributed by atoms with Gasteiger partial charge in [-0.15, -0.1) is 0 Å². The molecule has 4 heteroatoms. The van der Waals surface area contributed by atoms with Crippen molar-refractivity contribution in [2.45, 2.75) is 0 Å². The van der Waals surface area contributed by atoms with Gasteiger partial charge in [0.2, 0.25) is 0 Å². The number of carbonyl (C=O) groups excluding carboxylic acids is 1. The first-order chi connectivity index (χ1) is 2.27. The van der Waals surface area contributed by atoms with Crippen LogP contribution in [0.25, 0.3) is 0 Å². The number of primary amides is 1. The summed E-state index contributed by atoms with van der Waals surface area (Å²) in [5, 5.41) is 0. The molecule has 0 aromatic rings. The van der Waals surface area contributed by atoms with Crippen LogP contribution in [0.5, 0.6) is 0 Å². The van der Waals surface area contributed by atoms with Crippen LogP contribution in [0, 0.1) is 0 Å². The molecule has 0 spiro atoms. The van der Waals surface area contributed by atoms with Gasteiger partial charge in [-0.25, -0.2) is 0 Å². The Morgan fingerprint density at radius 1 is 2.00 bits per heavy atom. The Morgan fingerprint density at radius 2 is 2.20 bits per heavy atom. The van der Waals surface area contributed by atoms with Gasteiger partial charge in [-0.2, -0.15) is 0 Å². The molecule has 0 unspecified atom stereocenters. The van der Waals surface area contributed by atoms with E-state index in [1.165, 1.54) is 0 Å².